The number of nitrogens with one attached hydrogen (secondary N) is 1. The molecule has 0 spiro atoms. The van der Waals surface area contributed by atoms with E-state index in [1.54, 1.807) is 0 Å². The van der Waals surface area contributed by atoms with Gasteiger partial charge in [-0.3, -0.25) is 14.4 Å². The number of rotatable bonds is 3. The first-order valence-corrected chi connectivity index (χ1v) is 9.21. The van der Waals surface area contributed by atoms with Crippen molar-refractivity contribution in [2.45, 2.75) is 38.5 Å². The monoisotopic (exact) mass is 397 g/mol. The van der Waals surface area contributed by atoms with Crippen LogP contribution in [0.3, 0.4) is 0 Å². The molecule has 0 unspecified atom stereocenters. The molecular weight excluding hydrogens is 375 g/mol. The van der Waals surface area contributed by atoms with Gasteiger partial charge in [0.25, 0.3) is 5.91 Å². The molecule has 0 aliphatic carbocycles. The zero-order chi connectivity index (χ0) is 20.6. The van der Waals surface area contributed by atoms with Crippen LogP contribution in [0.2, 0.25) is 0 Å². The largest absolute Gasteiger partial charge is 0.416 e. The highest BCUT2D eigenvalue weighted by atomic mass is 19.4. The molecule has 0 aromatic heterocycles. The van der Waals surface area contributed by atoms with Gasteiger partial charge in [-0.25, -0.2) is 0 Å². The topological polar surface area (TPSA) is 69.7 Å². The van der Waals surface area contributed by atoms with Crippen LogP contribution in [0.15, 0.2) is 24.3 Å². The number of fused-ring (bicyclic) bond motifs is 1. The number of hydrogen-bond acceptors (Lipinski definition) is 3. The number of hydrogen-bond donors (Lipinski definition) is 1. The maximum atomic E-state index is 12.7. The van der Waals surface area contributed by atoms with Crippen LogP contribution in [-0.2, 0) is 15.8 Å². The fraction of sp³-hybridized carbons (Fsp3) is 0.526. The lowest BCUT2D eigenvalue weighted by Gasteiger charge is -2.46. The van der Waals surface area contributed by atoms with Crippen molar-refractivity contribution in [1.29, 1.82) is 0 Å². The molecule has 152 valence electrons. The summed E-state index contributed by atoms with van der Waals surface area (Å²) >= 11 is 0. The molecule has 2 aliphatic rings. The van der Waals surface area contributed by atoms with Crippen molar-refractivity contribution in [3.05, 3.63) is 35.4 Å². The van der Waals surface area contributed by atoms with E-state index in [1.807, 2.05) is 13.8 Å². The van der Waals surface area contributed by atoms with Crippen LogP contribution in [0.1, 0.15) is 36.2 Å². The average Bonchev–Trinajstić information content (AvgIpc) is 2.68. The predicted octanol–water partition coefficient (Wildman–Crippen LogP) is 1.90. The maximum absolute atomic E-state index is 12.7. The minimum atomic E-state index is -4.47. The Morgan fingerprint density at radius 2 is 1.86 bits per heavy atom. The van der Waals surface area contributed by atoms with Crippen LogP contribution in [0.25, 0.3) is 0 Å². The zero-order valence-corrected chi connectivity index (χ0v) is 15.6. The third-order valence-electron chi connectivity index (χ3n) is 5.49. The molecule has 2 heterocycles. The number of amides is 3. The van der Waals surface area contributed by atoms with Crippen LogP contribution in [0.5, 0.6) is 0 Å². The number of halogens is 3. The van der Waals surface area contributed by atoms with E-state index in [0.29, 0.717) is 0 Å². The second-order valence-electron chi connectivity index (χ2n) is 7.25. The van der Waals surface area contributed by atoms with Gasteiger partial charge in [-0.1, -0.05) is 20.3 Å². The van der Waals surface area contributed by atoms with E-state index in [9.17, 15) is 27.6 Å². The Kier molecular flexibility index (Phi) is 5.36. The van der Waals surface area contributed by atoms with E-state index in [4.69, 9.17) is 0 Å². The van der Waals surface area contributed by atoms with Crippen LogP contribution in [-0.4, -0.2) is 59.2 Å². The van der Waals surface area contributed by atoms with Gasteiger partial charge in [0.2, 0.25) is 11.8 Å². The van der Waals surface area contributed by atoms with Crippen molar-refractivity contribution >= 4 is 17.7 Å². The Bertz CT molecular complexity index is 779. The minimum Gasteiger partial charge on any atom is -0.342 e. The van der Waals surface area contributed by atoms with Crippen molar-refractivity contribution in [2.75, 3.05) is 19.6 Å². The van der Waals surface area contributed by atoms with E-state index in [-0.39, 0.29) is 42.9 Å². The van der Waals surface area contributed by atoms with Crippen LogP contribution in [0.4, 0.5) is 13.2 Å². The molecule has 1 N–H and O–H groups in total. The lowest BCUT2D eigenvalue weighted by molar-refractivity contribution is -0.153. The smallest absolute Gasteiger partial charge is 0.342 e. The predicted molar refractivity (Wildman–Crippen MR) is 94.2 cm³/mol. The third kappa shape index (κ3) is 3.70. The van der Waals surface area contributed by atoms with Crippen molar-refractivity contribution < 1.29 is 27.6 Å². The van der Waals surface area contributed by atoms with Gasteiger partial charge in [0.1, 0.15) is 12.1 Å². The first-order chi connectivity index (χ1) is 13.1. The second-order valence-corrected chi connectivity index (χ2v) is 7.25. The number of nitrogens with zero attached hydrogens (tertiary/aromatic N) is 2. The maximum Gasteiger partial charge on any atom is 0.416 e. The molecule has 0 radical (unpaired) electrons. The van der Waals surface area contributed by atoms with Gasteiger partial charge in [0.15, 0.2) is 0 Å². The van der Waals surface area contributed by atoms with E-state index in [0.717, 1.165) is 30.7 Å². The summed E-state index contributed by atoms with van der Waals surface area (Å²) in [4.78, 5) is 40.7. The molecule has 6 nitrogen and oxygen atoms in total. The quantitative estimate of drug-likeness (QED) is 0.847. The summed E-state index contributed by atoms with van der Waals surface area (Å²) in [6.07, 6.45) is -3.73. The van der Waals surface area contributed by atoms with Crippen molar-refractivity contribution in [3.63, 3.8) is 0 Å². The summed E-state index contributed by atoms with van der Waals surface area (Å²) in [5.74, 6) is -0.919. The molecule has 2 aliphatic heterocycles. The van der Waals surface area contributed by atoms with Crippen molar-refractivity contribution in [2.24, 2.45) is 5.92 Å². The van der Waals surface area contributed by atoms with Crippen molar-refractivity contribution in [3.8, 4) is 0 Å². The molecule has 3 rings (SSSR count). The summed E-state index contributed by atoms with van der Waals surface area (Å²) < 4.78 is 38.0. The van der Waals surface area contributed by atoms with E-state index in [2.05, 4.69) is 5.32 Å². The Hall–Kier alpha value is -2.58. The van der Waals surface area contributed by atoms with E-state index in [1.165, 1.54) is 9.80 Å². The molecule has 9 heteroatoms. The van der Waals surface area contributed by atoms with Crippen molar-refractivity contribution in [1.82, 2.24) is 15.1 Å². The van der Waals surface area contributed by atoms with Gasteiger partial charge in [-0.05, 0) is 30.2 Å². The molecule has 28 heavy (non-hydrogen) atoms. The average molecular weight is 397 g/mol. The van der Waals surface area contributed by atoms with Gasteiger partial charge in [-0.15, -0.1) is 0 Å². The molecular formula is C19H22F3N3O3. The third-order valence-corrected chi connectivity index (χ3v) is 5.49. The van der Waals surface area contributed by atoms with E-state index >= 15 is 0 Å². The SMILES string of the molecule is CC[C@H](C)[C@@H]1NC(=O)[C@H]2CN(C(=O)c3ccc(C(F)(F)F)cc3)CCN2C1=O. The lowest BCUT2D eigenvalue weighted by atomic mass is 9.93. The molecule has 1 aromatic carbocycles. The number of carbonyl (C=O) groups excluding carboxylic acids is 3. The Balaban J connectivity index is 1.72. The van der Waals surface area contributed by atoms with E-state index < -0.39 is 29.7 Å². The number of piperazine rings is 2. The summed E-state index contributed by atoms with van der Waals surface area (Å²) in [6, 6.07) is 2.63. The number of benzene rings is 1. The lowest BCUT2D eigenvalue weighted by Crippen LogP contribution is -2.70. The normalized spacial score (nSPS) is 23.9. The number of alkyl halides is 3. The fourth-order valence-corrected chi connectivity index (χ4v) is 3.55. The zero-order valence-electron chi connectivity index (χ0n) is 15.6. The highest BCUT2D eigenvalue weighted by molar-refractivity contribution is 5.99. The molecule has 2 fully saturated rings. The Labute approximate surface area is 160 Å². The van der Waals surface area contributed by atoms with Crippen LogP contribution in [0, 0.1) is 5.92 Å². The first-order valence-electron chi connectivity index (χ1n) is 9.21. The van der Waals surface area contributed by atoms with Gasteiger partial charge in [0, 0.05) is 18.7 Å². The second kappa shape index (κ2) is 7.44. The highest BCUT2D eigenvalue weighted by Gasteiger charge is 2.45. The molecule has 2 saturated heterocycles. The molecule has 3 amide bonds. The molecule has 1 aromatic rings. The van der Waals surface area contributed by atoms with Gasteiger partial charge in [-0.2, -0.15) is 13.2 Å². The Morgan fingerprint density at radius 3 is 2.43 bits per heavy atom. The van der Waals surface area contributed by atoms with Gasteiger partial charge >= 0.3 is 6.18 Å². The molecule has 3 atom stereocenters. The summed E-state index contributed by atoms with van der Waals surface area (Å²) in [5, 5.41) is 2.75. The highest BCUT2D eigenvalue weighted by Crippen LogP contribution is 2.29. The summed E-state index contributed by atoms with van der Waals surface area (Å²) in [5.41, 5.74) is -0.719. The molecule has 0 saturated carbocycles. The first kappa shape index (κ1) is 20.2. The fourth-order valence-electron chi connectivity index (χ4n) is 3.55. The number of carbonyl (C=O) groups is 3. The summed E-state index contributed by atoms with van der Waals surface area (Å²) in [6.45, 7) is 4.30. The Morgan fingerprint density at radius 1 is 1.21 bits per heavy atom. The van der Waals surface area contributed by atoms with Gasteiger partial charge in [0.05, 0.1) is 12.1 Å². The van der Waals surface area contributed by atoms with Crippen LogP contribution >= 0.6 is 0 Å². The minimum absolute atomic E-state index is 0.00390. The molecule has 0 bridgehead atoms. The van der Waals surface area contributed by atoms with Gasteiger partial charge < -0.3 is 15.1 Å². The van der Waals surface area contributed by atoms with Crippen LogP contribution < -0.4 is 5.32 Å². The standard InChI is InChI=1S/C19H22F3N3O3/c1-3-11(2)15-18(28)25-9-8-24(10-14(25)16(26)23-15)17(27)12-4-6-13(7-5-12)19(20,21)22/h4-7,11,14-15H,3,8-10H2,1-2H3,(H,23,26)/t11-,14+,15-/m0/s1. The summed E-state index contributed by atoms with van der Waals surface area (Å²) in [7, 11) is 0.